The van der Waals surface area contributed by atoms with E-state index in [9.17, 15) is 22.0 Å². The summed E-state index contributed by atoms with van der Waals surface area (Å²) in [6.07, 6.45) is 0. The van der Waals surface area contributed by atoms with Gasteiger partial charge < -0.3 is 9.73 Å². The van der Waals surface area contributed by atoms with E-state index < -0.39 is 27.4 Å². The predicted molar refractivity (Wildman–Crippen MR) is 97.4 cm³/mol. The van der Waals surface area contributed by atoms with Gasteiger partial charge in [0.1, 0.15) is 17.2 Å². The first-order valence-electron chi connectivity index (χ1n) is 7.79. The van der Waals surface area contributed by atoms with Crippen LogP contribution in [-0.4, -0.2) is 30.8 Å². The van der Waals surface area contributed by atoms with Crippen molar-refractivity contribution in [3.05, 3.63) is 48.0 Å². The molecule has 2 aromatic carbocycles. The predicted octanol–water partition coefficient (Wildman–Crippen LogP) is 3.63. The van der Waals surface area contributed by atoms with Crippen molar-refractivity contribution in [3.8, 4) is 0 Å². The first-order valence-corrected chi connectivity index (χ1v) is 10.4. The van der Waals surface area contributed by atoms with Crippen LogP contribution in [-0.2, 0) is 14.6 Å². The summed E-state index contributed by atoms with van der Waals surface area (Å²) in [5.41, 5.74) is 0.473. The van der Waals surface area contributed by atoms with Gasteiger partial charge in [-0.25, -0.2) is 22.2 Å². The second-order valence-corrected chi connectivity index (χ2v) is 8.68. The van der Waals surface area contributed by atoms with Crippen molar-refractivity contribution in [3.63, 3.8) is 0 Å². The van der Waals surface area contributed by atoms with Crippen molar-refractivity contribution in [1.29, 1.82) is 0 Å². The molecule has 1 aromatic heterocycles. The van der Waals surface area contributed by atoms with E-state index in [2.05, 4.69) is 10.3 Å². The number of sulfone groups is 1. The van der Waals surface area contributed by atoms with Crippen molar-refractivity contribution in [1.82, 2.24) is 4.98 Å². The zero-order valence-corrected chi connectivity index (χ0v) is 15.7. The molecule has 0 aliphatic heterocycles. The fourth-order valence-corrected chi connectivity index (χ4v) is 3.75. The fourth-order valence-electron chi connectivity index (χ4n) is 2.21. The topological polar surface area (TPSA) is 89.3 Å². The van der Waals surface area contributed by atoms with Gasteiger partial charge in [-0.05, 0) is 30.3 Å². The number of oxazole rings is 1. The van der Waals surface area contributed by atoms with Crippen LogP contribution in [0.15, 0.2) is 50.9 Å². The Bertz CT molecular complexity index is 1110. The average Bonchev–Trinajstić information content (AvgIpc) is 3.05. The highest BCUT2D eigenvalue weighted by Gasteiger charge is 2.16. The van der Waals surface area contributed by atoms with Gasteiger partial charge in [0, 0.05) is 6.07 Å². The van der Waals surface area contributed by atoms with Crippen LogP contribution in [0.25, 0.3) is 11.1 Å². The molecule has 1 heterocycles. The third-order valence-corrected chi connectivity index (χ3v) is 6.17. The van der Waals surface area contributed by atoms with Gasteiger partial charge in [0.25, 0.3) is 5.22 Å². The minimum Gasteiger partial charge on any atom is -0.431 e. The van der Waals surface area contributed by atoms with Gasteiger partial charge >= 0.3 is 0 Å². The number of thioether (sulfide) groups is 1. The molecule has 0 spiro atoms. The molecule has 0 unspecified atom stereocenters. The smallest absolute Gasteiger partial charge is 0.257 e. The lowest BCUT2D eigenvalue weighted by atomic mass is 10.3. The summed E-state index contributed by atoms with van der Waals surface area (Å²) in [5.74, 6) is -2.17. The molecule has 142 valence electrons. The molecule has 3 rings (SSSR count). The molecule has 10 heteroatoms. The van der Waals surface area contributed by atoms with Crippen LogP contribution in [0.1, 0.15) is 6.92 Å². The highest BCUT2D eigenvalue weighted by atomic mass is 32.2. The van der Waals surface area contributed by atoms with Crippen LogP contribution >= 0.6 is 11.8 Å². The van der Waals surface area contributed by atoms with Crippen LogP contribution in [0.5, 0.6) is 0 Å². The second kappa shape index (κ2) is 7.65. The van der Waals surface area contributed by atoms with E-state index in [0.29, 0.717) is 11.1 Å². The largest absolute Gasteiger partial charge is 0.431 e. The summed E-state index contributed by atoms with van der Waals surface area (Å²) in [7, 11) is -3.37. The summed E-state index contributed by atoms with van der Waals surface area (Å²) >= 11 is 0.947. The van der Waals surface area contributed by atoms with E-state index in [1.165, 1.54) is 18.2 Å². The Balaban J connectivity index is 1.70. The van der Waals surface area contributed by atoms with Crippen molar-refractivity contribution in [2.24, 2.45) is 0 Å². The highest BCUT2D eigenvalue weighted by molar-refractivity contribution is 7.99. The Morgan fingerprint density at radius 3 is 2.74 bits per heavy atom. The minimum atomic E-state index is -3.37. The number of hydrogen-bond donors (Lipinski definition) is 1. The van der Waals surface area contributed by atoms with Crippen molar-refractivity contribution >= 4 is 44.3 Å². The molecule has 6 nitrogen and oxygen atoms in total. The number of carbonyl (C=O) groups excluding carboxylic acids is 1. The Hall–Kier alpha value is -2.46. The molecule has 27 heavy (non-hydrogen) atoms. The Labute approximate surface area is 157 Å². The van der Waals surface area contributed by atoms with Crippen LogP contribution < -0.4 is 5.32 Å². The third-order valence-electron chi connectivity index (χ3n) is 3.61. The van der Waals surface area contributed by atoms with E-state index in [1.807, 2.05) is 0 Å². The van der Waals surface area contributed by atoms with Crippen molar-refractivity contribution in [2.75, 3.05) is 16.8 Å². The average molecular weight is 412 g/mol. The lowest BCUT2D eigenvalue weighted by molar-refractivity contribution is -0.113. The van der Waals surface area contributed by atoms with Gasteiger partial charge in [-0.2, -0.15) is 0 Å². The molecular weight excluding hydrogens is 398 g/mol. The van der Waals surface area contributed by atoms with E-state index in [-0.39, 0.29) is 27.3 Å². The van der Waals surface area contributed by atoms with Crippen LogP contribution in [0.4, 0.5) is 14.5 Å². The van der Waals surface area contributed by atoms with Gasteiger partial charge in [-0.3, -0.25) is 4.79 Å². The van der Waals surface area contributed by atoms with Crippen LogP contribution in [0.2, 0.25) is 0 Å². The number of nitrogens with zero attached hydrogens (tertiary/aromatic N) is 1. The summed E-state index contributed by atoms with van der Waals surface area (Å²) < 4.78 is 55.9. The minimum absolute atomic E-state index is 0.0330. The van der Waals surface area contributed by atoms with Crippen LogP contribution in [0.3, 0.4) is 0 Å². The number of amides is 1. The fraction of sp³-hybridized carbons (Fsp3) is 0.176. The molecule has 0 saturated carbocycles. The normalized spacial score (nSPS) is 11.7. The van der Waals surface area contributed by atoms with Crippen LogP contribution in [0, 0.1) is 11.6 Å². The van der Waals surface area contributed by atoms with Crippen molar-refractivity contribution in [2.45, 2.75) is 17.0 Å². The highest BCUT2D eigenvalue weighted by Crippen LogP contribution is 2.26. The van der Waals surface area contributed by atoms with E-state index in [0.717, 1.165) is 30.0 Å². The number of hydrogen-bond acceptors (Lipinski definition) is 6. The quantitative estimate of drug-likeness (QED) is 0.622. The summed E-state index contributed by atoms with van der Waals surface area (Å²) in [4.78, 5) is 16.2. The molecule has 0 aliphatic carbocycles. The molecule has 0 bridgehead atoms. The molecule has 0 saturated heterocycles. The number of benzene rings is 2. The Morgan fingerprint density at radius 2 is 2.00 bits per heavy atom. The number of nitrogens with one attached hydrogen (secondary N) is 1. The second-order valence-electron chi connectivity index (χ2n) is 5.47. The number of aromatic nitrogens is 1. The van der Waals surface area contributed by atoms with E-state index in [4.69, 9.17) is 4.42 Å². The molecule has 0 aliphatic rings. The number of carbonyl (C=O) groups is 1. The van der Waals surface area contributed by atoms with Gasteiger partial charge in [0.2, 0.25) is 5.91 Å². The molecular formula is C17H14F2N2O4S2. The zero-order chi connectivity index (χ0) is 19.6. The molecule has 0 atom stereocenters. The first kappa shape index (κ1) is 19.3. The molecule has 1 amide bonds. The molecule has 1 N–H and O–H groups in total. The van der Waals surface area contributed by atoms with Gasteiger partial charge in [0.15, 0.2) is 15.4 Å². The summed E-state index contributed by atoms with van der Waals surface area (Å²) in [5, 5.41) is 2.43. The van der Waals surface area contributed by atoms with E-state index in [1.54, 1.807) is 6.92 Å². The standard InChI is InChI=1S/C17H14F2N2O4S2/c1-2-27(23,24)11-4-6-15-14(8-11)21-17(25-15)26-9-16(22)20-13-7-10(18)3-5-12(13)19/h3-8H,2,9H2,1H3,(H,20,22). The zero-order valence-electron chi connectivity index (χ0n) is 14.0. The number of halogens is 2. The third kappa shape index (κ3) is 4.45. The SMILES string of the molecule is CCS(=O)(=O)c1ccc2oc(SCC(=O)Nc3cc(F)ccc3F)nc2c1. The maximum atomic E-state index is 13.5. The number of rotatable bonds is 6. The molecule has 0 radical (unpaired) electrons. The number of fused-ring (bicyclic) bond motifs is 1. The van der Waals surface area contributed by atoms with Crippen molar-refractivity contribution < 1.29 is 26.4 Å². The Kier molecular flexibility index (Phi) is 5.47. The summed E-state index contributed by atoms with van der Waals surface area (Å²) in [6, 6.07) is 7.08. The monoisotopic (exact) mass is 412 g/mol. The Morgan fingerprint density at radius 1 is 1.22 bits per heavy atom. The van der Waals surface area contributed by atoms with Gasteiger partial charge in [-0.15, -0.1) is 0 Å². The van der Waals surface area contributed by atoms with E-state index >= 15 is 0 Å². The van der Waals surface area contributed by atoms with Gasteiger partial charge in [-0.1, -0.05) is 18.7 Å². The molecule has 0 fully saturated rings. The number of anilines is 1. The first-order chi connectivity index (χ1) is 12.8. The molecule has 3 aromatic rings. The maximum absolute atomic E-state index is 13.5. The lowest BCUT2D eigenvalue weighted by Gasteiger charge is -2.05. The lowest BCUT2D eigenvalue weighted by Crippen LogP contribution is -2.15. The summed E-state index contributed by atoms with van der Waals surface area (Å²) in [6.45, 7) is 1.55. The maximum Gasteiger partial charge on any atom is 0.257 e. The van der Waals surface area contributed by atoms with Gasteiger partial charge in [0.05, 0.1) is 22.1 Å².